The summed E-state index contributed by atoms with van der Waals surface area (Å²) < 4.78 is 5.24. The zero-order chi connectivity index (χ0) is 9.97. The van der Waals surface area contributed by atoms with Gasteiger partial charge in [-0.25, -0.2) is 0 Å². The lowest BCUT2D eigenvalue weighted by Gasteiger charge is -2.14. The second-order valence-electron chi connectivity index (χ2n) is 3.58. The summed E-state index contributed by atoms with van der Waals surface area (Å²) in [5, 5.41) is 12.7. The highest BCUT2D eigenvalue weighted by molar-refractivity contribution is 5.42. The van der Waals surface area contributed by atoms with Gasteiger partial charge in [0.2, 0.25) is 0 Å². The first kappa shape index (κ1) is 9.34. The van der Waals surface area contributed by atoms with Crippen molar-refractivity contribution in [3.05, 3.63) is 23.8 Å². The van der Waals surface area contributed by atoms with Gasteiger partial charge in [0.05, 0.1) is 7.11 Å². The minimum absolute atomic E-state index is 0.253. The van der Waals surface area contributed by atoms with Gasteiger partial charge in [-0.05, 0) is 25.5 Å². The first-order valence-corrected chi connectivity index (χ1v) is 4.91. The zero-order valence-corrected chi connectivity index (χ0v) is 8.29. The average molecular weight is 193 g/mol. The van der Waals surface area contributed by atoms with Crippen molar-refractivity contribution in [1.29, 1.82) is 0 Å². The number of phenols is 1. The van der Waals surface area contributed by atoms with Crippen LogP contribution in [-0.4, -0.2) is 18.8 Å². The van der Waals surface area contributed by atoms with E-state index in [2.05, 4.69) is 5.32 Å². The first-order chi connectivity index (χ1) is 6.81. The van der Waals surface area contributed by atoms with E-state index in [0.29, 0.717) is 6.04 Å². The predicted octanol–water partition coefficient (Wildman–Crippen LogP) is 1.83. The van der Waals surface area contributed by atoms with Gasteiger partial charge in [0.1, 0.15) is 11.5 Å². The fourth-order valence-corrected chi connectivity index (χ4v) is 1.94. The zero-order valence-electron chi connectivity index (χ0n) is 8.29. The number of phenolic OH excluding ortho intramolecular Hbond substituents is 1. The minimum atomic E-state index is 0.253. The van der Waals surface area contributed by atoms with Crippen LogP contribution in [0.15, 0.2) is 18.2 Å². The molecule has 1 heterocycles. The second kappa shape index (κ2) is 3.88. The van der Waals surface area contributed by atoms with Crippen molar-refractivity contribution in [3.8, 4) is 11.5 Å². The predicted molar refractivity (Wildman–Crippen MR) is 54.6 cm³/mol. The Morgan fingerprint density at radius 2 is 2.36 bits per heavy atom. The maximum Gasteiger partial charge on any atom is 0.127 e. The van der Waals surface area contributed by atoms with Crippen molar-refractivity contribution in [2.75, 3.05) is 13.7 Å². The van der Waals surface area contributed by atoms with Gasteiger partial charge < -0.3 is 15.2 Å². The van der Waals surface area contributed by atoms with E-state index < -0.39 is 0 Å². The molecule has 3 heteroatoms. The van der Waals surface area contributed by atoms with E-state index >= 15 is 0 Å². The standard InChI is InChI=1S/C11H15NO2/c1-14-11-7-8(13)4-5-9(11)10-3-2-6-12-10/h4-5,7,10,12-13H,2-3,6H2,1H3/t10-/m0/s1. The van der Waals surface area contributed by atoms with Crippen molar-refractivity contribution in [2.24, 2.45) is 0 Å². The molecule has 0 amide bonds. The molecular weight excluding hydrogens is 178 g/mol. The normalized spacial score (nSPS) is 21.1. The molecule has 0 unspecified atom stereocenters. The van der Waals surface area contributed by atoms with Crippen LogP contribution in [0.5, 0.6) is 11.5 Å². The molecule has 0 saturated carbocycles. The fourth-order valence-electron chi connectivity index (χ4n) is 1.94. The van der Waals surface area contributed by atoms with Crippen molar-refractivity contribution in [2.45, 2.75) is 18.9 Å². The van der Waals surface area contributed by atoms with Gasteiger partial charge in [-0.2, -0.15) is 0 Å². The van der Waals surface area contributed by atoms with E-state index in [9.17, 15) is 5.11 Å². The summed E-state index contributed by atoms with van der Waals surface area (Å²) in [5.41, 5.74) is 1.14. The van der Waals surface area contributed by atoms with Crippen LogP contribution in [0.1, 0.15) is 24.4 Å². The summed E-state index contributed by atoms with van der Waals surface area (Å²) in [6, 6.07) is 5.68. The fraction of sp³-hybridized carbons (Fsp3) is 0.455. The summed E-state index contributed by atoms with van der Waals surface area (Å²) in [6.45, 7) is 1.06. The highest BCUT2D eigenvalue weighted by atomic mass is 16.5. The highest BCUT2D eigenvalue weighted by Crippen LogP contribution is 2.32. The lowest BCUT2D eigenvalue weighted by atomic mass is 10.0. The Morgan fingerprint density at radius 1 is 1.50 bits per heavy atom. The molecule has 1 aliphatic rings. The van der Waals surface area contributed by atoms with Crippen LogP contribution in [0, 0.1) is 0 Å². The molecule has 1 fully saturated rings. The summed E-state index contributed by atoms with van der Waals surface area (Å²) >= 11 is 0. The summed E-state index contributed by atoms with van der Waals surface area (Å²) in [5.74, 6) is 1.02. The van der Waals surface area contributed by atoms with E-state index in [0.717, 1.165) is 24.3 Å². The Labute approximate surface area is 83.7 Å². The smallest absolute Gasteiger partial charge is 0.127 e. The van der Waals surface area contributed by atoms with Crippen molar-refractivity contribution in [1.82, 2.24) is 5.32 Å². The van der Waals surface area contributed by atoms with Crippen LogP contribution in [0.3, 0.4) is 0 Å². The van der Waals surface area contributed by atoms with Crippen molar-refractivity contribution < 1.29 is 9.84 Å². The van der Waals surface area contributed by atoms with Crippen LogP contribution in [0.25, 0.3) is 0 Å². The number of ether oxygens (including phenoxy) is 1. The number of nitrogens with one attached hydrogen (secondary N) is 1. The molecule has 1 aromatic rings. The topological polar surface area (TPSA) is 41.5 Å². The first-order valence-electron chi connectivity index (χ1n) is 4.91. The third kappa shape index (κ3) is 1.68. The molecule has 2 rings (SSSR count). The molecular formula is C11H15NO2. The Kier molecular flexibility index (Phi) is 2.59. The minimum Gasteiger partial charge on any atom is -0.508 e. The van der Waals surface area contributed by atoms with Crippen molar-refractivity contribution in [3.63, 3.8) is 0 Å². The van der Waals surface area contributed by atoms with E-state index in [1.165, 1.54) is 6.42 Å². The quantitative estimate of drug-likeness (QED) is 0.752. The van der Waals surface area contributed by atoms with Gasteiger partial charge in [0.25, 0.3) is 0 Å². The monoisotopic (exact) mass is 193 g/mol. The summed E-state index contributed by atoms with van der Waals surface area (Å²) in [6.07, 6.45) is 2.34. The van der Waals surface area contributed by atoms with E-state index in [-0.39, 0.29) is 5.75 Å². The molecule has 1 saturated heterocycles. The Bertz CT molecular complexity index is 319. The third-order valence-corrected chi connectivity index (χ3v) is 2.65. The van der Waals surface area contributed by atoms with Crippen LogP contribution in [0.2, 0.25) is 0 Å². The Balaban J connectivity index is 2.31. The van der Waals surface area contributed by atoms with Crippen LogP contribution < -0.4 is 10.1 Å². The van der Waals surface area contributed by atoms with Gasteiger partial charge in [-0.1, -0.05) is 6.07 Å². The van der Waals surface area contributed by atoms with Gasteiger partial charge in [0, 0.05) is 17.7 Å². The lowest BCUT2D eigenvalue weighted by Crippen LogP contribution is -2.13. The maximum atomic E-state index is 9.31. The highest BCUT2D eigenvalue weighted by Gasteiger charge is 2.19. The molecule has 1 aliphatic heterocycles. The Hall–Kier alpha value is -1.22. The molecule has 3 nitrogen and oxygen atoms in total. The molecule has 1 atom stereocenters. The SMILES string of the molecule is COc1cc(O)ccc1[C@@H]1CCCN1. The number of hydrogen-bond acceptors (Lipinski definition) is 3. The number of aromatic hydroxyl groups is 1. The third-order valence-electron chi connectivity index (χ3n) is 2.65. The van der Waals surface area contributed by atoms with Crippen LogP contribution in [-0.2, 0) is 0 Å². The molecule has 14 heavy (non-hydrogen) atoms. The molecule has 0 spiro atoms. The van der Waals surface area contributed by atoms with Gasteiger partial charge >= 0.3 is 0 Å². The number of benzene rings is 1. The Morgan fingerprint density at radius 3 is 3.00 bits per heavy atom. The second-order valence-corrected chi connectivity index (χ2v) is 3.58. The van der Waals surface area contributed by atoms with Crippen LogP contribution in [0.4, 0.5) is 0 Å². The van der Waals surface area contributed by atoms with E-state index in [1.807, 2.05) is 6.07 Å². The molecule has 0 bridgehead atoms. The molecule has 0 radical (unpaired) electrons. The van der Waals surface area contributed by atoms with Crippen LogP contribution >= 0.6 is 0 Å². The van der Waals surface area contributed by atoms with Gasteiger partial charge in [0.15, 0.2) is 0 Å². The largest absolute Gasteiger partial charge is 0.508 e. The maximum absolute atomic E-state index is 9.31. The number of hydrogen-bond donors (Lipinski definition) is 2. The van der Waals surface area contributed by atoms with Gasteiger partial charge in [-0.3, -0.25) is 0 Å². The molecule has 1 aromatic carbocycles. The summed E-state index contributed by atoms with van der Waals surface area (Å²) in [4.78, 5) is 0. The van der Waals surface area contributed by atoms with E-state index in [1.54, 1.807) is 19.2 Å². The summed E-state index contributed by atoms with van der Waals surface area (Å²) in [7, 11) is 1.63. The molecule has 0 aliphatic carbocycles. The number of methoxy groups -OCH3 is 1. The lowest BCUT2D eigenvalue weighted by molar-refractivity contribution is 0.396. The van der Waals surface area contributed by atoms with Gasteiger partial charge in [-0.15, -0.1) is 0 Å². The molecule has 2 N–H and O–H groups in total. The average Bonchev–Trinajstić information content (AvgIpc) is 2.70. The molecule has 76 valence electrons. The molecule has 0 aromatic heterocycles. The van der Waals surface area contributed by atoms with E-state index in [4.69, 9.17) is 4.74 Å². The number of rotatable bonds is 2. The van der Waals surface area contributed by atoms with Crippen molar-refractivity contribution >= 4 is 0 Å².